The van der Waals surface area contributed by atoms with E-state index in [0.717, 1.165) is 21.9 Å². The molecule has 0 spiro atoms. The summed E-state index contributed by atoms with van der Waals surface area (Å²) in [5, 5.41) is 5.31. The maximum absolute atomic E-state index is 4.27. The monoisotopic (exact) mass is 328 g/mol. The van der Waals surface area contributed by atoms with Gasteiger partial charge in [0.15, 0.2) is 4.34 Å². The average Bonchev–Trinajstić information content (AvgIpc) is 2.82. The number of hydrogen-bond acceptors (Lipinski definition) is 4. The zero-order chi connectivity index (χ0) is 12.1. The molecule has 90 valence electrons. The molecule has 0 bridgehead atoms. The Hall–Kier alpha value is -0.360. The molecule has 0 unspecified atom stereocenters. The molecule has 2 aromatic rings. The fourth-order valence-electron chi connectivity index (χ4n) is 1.36. The summed E-state index contributed by atoms with van der Waals surface area (Å²) in [6.45, 7) is 4.02. The molecule has 0 saturated heterocycles. The molecule has 1 heterocycles. The standard InChI is InChI=1S/C12H13BrN2S2/c1-2-14-8-9-3-4-11(10(13)7-9)17-12-15-5-6-16-12/h3-7,14H,2,8H2,1H3. The van der Waals surface area contributed by atoms with Crippen molar-refractivity contribution in [1.29, 1.82) is 0 Å². The summed E-state index contributed by atoms with van der Waals surface area (Å²) >= 11 is 6.97. The van der Waals surface area contributed by atoms with Gasteiger partial charge in [0.05, 0.1) is 0 Å². The molecular weight excluding hydrogens is 316 g/mol. The number of benzene rings is 1. The van der Waals surface area contributed by atoms with Crippen LogP contribution >= 0.6 is 39.0 Å². The minimum absolute atomic E-state index is 0.914. The summed E-state index contributed by atoms with van der Waals surface area (Å²) in [6.07, 6.45) is 1.83. The molecule has 0 amide bonds. The van der Waals surface area contributed by atoms with Gasteiger partial charge in [-0.15, -0.1) is 11.3 Å². The van der Waals surface area contributed by atoms with E-state index in [-0.39, 0.29) is 0 Å². The van der Waals surface area contributed by atoms with E-state index >= 15 is 0 Å². The normalized spacial score (nSPS) is 10.7. The topological polar surface area (TPSA) is 24.9 Å². The van der Waals surface area contributed by atoms with Gasteiger partial charge >= 0.3 is 0 Å². The third kappa shape index (κ3) is 3.81. The Balaban J connectivity index is 2.09. The number of nitrogens with one attached hydrogen (secondary N) is 1. The Morgan fingerprint density at radius 3 is 3.00 bits per heavy atom. The summed E-state index contributed by atoms with van der Waals surface area (Å²) in [5.41, 5.74) is 1.29. The van der Waals surface area contributed by atoms with Gasteiger partial charge in [-0.1, -0.05) is 24.8 Å². The van der Waals surface area contributed by atoms with E-state index < -0.39 is 0 Å². The molecule has 2 rings (SSSR count). The minimum Gasteiger partial charge on any atom is -0.313 e. The average molecular weight is 329 g/mol. The largest absolute Gasteiger partial charge is 0.313 e. The molecule has 0 saturated carbocycles. The lowest BCUT2D eigenvalue weighted by atomic mass is 10.2. The quantitative estimate of drug-likeness (QED) is 0.891. The van der Waals surface area contributed by atoms with Crippen molar-refractivity contribution in [2.75, 3.05) is 6.54 Å². The number of aromatic nitrogens is 1. The van der Waals surface area contributed by atoms with Gasteiger partial charge in [0.2, 0.25) is 0 Å². The predicted octanol–water partition coefficient (Wildman–Crippen LogP) is 4.17. The van der Waals surface area contributed by atoms with Crippen molar-refractivity contribution in [3.05, 3.63) is 39.8 Å². The van der Waals surface area contributed by atoms with Crippen molar-refractivity contribution in [3.63, 3.8) is 0 Å². The van der Waals surface area contributed by atoms with Crippen molar-refractivity contribution >= 4 is 39.0 Å². The van der Waals surface area contributed by atoms with Crippen LogP contribution in [0.5, 0.6) is 0 Å². The number of hydrogen-bond donors (Lipinski definition) is 1. The van der Waals surface area contributed by atoms with Crippen LogP contribution in [0.1, 0.15) is 12.5 Å². The molecule has 0 radical (unpaired) electrons. The molecule has 1 aromatic carbocycles. The van der Waals surface area contributed by atoms with Crippen LogP contribution in [0.25, 0.3) is 0 Å². The predicted molar refractivity (Wildman–Crippen MR) is 77.8 cm³/mol. The number of rotatable bonds is 5. The first kappa shape index (κ1) is 13.1. The van der Waals surface area contributed by atoms with Gasteiger partial charge in [-0.2, -0.15) is 0 Å². The second-order valence-corrected chi connectivity index (χ2v) is 6.48. The van der Waals surface area contributed by atoms with E-state index in [0.29, 0.717) is 0 Å². The highest BCUT2D eigenvalue weighted by molar-refractivity contribution is 9.10. The van der Waals surface area contributed by atoms with Crippen LogP contribution in [0.2, 0.25) is 0 Å². The Kier molecular flexibility index (Phi) is 5.03. The molecule has 0 aliphatic heterocycles. The third-order valence-corrected chi connectivity index (χ3v) is 5.06. The molecule has 5 heteroatoms. The van der Waals surface area contributed by atoms with Crippen molar-refractivity contribution in [3.8, 4) is 0 Å². The lowest BCUT2D eigenvalue weighted by Gasteiger charge is -2.06. The highest BCUT2D eigenvalue weighted by atomic mass is 79.9. The zero-order valence-corrected chi connectivity index (χ0v) is 12.7. The third-order valence-electron chi connectivity index (χ3n) is 2.18. The Bertz CT molecular complexity index is 471. The first-order valence-corrected chi connectivity index (χ1v) is 7.85. The molecule has 0 aliphatic carbocycles. The van der Waals surface area contributed by atoms with Gasteiger partial charge in [0.25, 0.3) is 0 Å². The van der Waals surface area contributed by atoms with E-state index in [4.69, 9.17) is 0 Å². The summed E-state index contributed by atoms with van der Waals surface area (Å²) in [7, 11) is 0. The minimum atomic E-state index is 0.914. The molecule has 0 atom stereocenters. The van der Waals surface area contributed by atoms with Crippen molar-refractivity contribution in [2.45, 2.75) is 22.7 Å². The van der Waals surface area contributed by atoms with Gasteiger partial charge < -0.3 is 5.32 Å². The van der Waals surface area contributed by atoms with Gasteiger partial charge in [0, 0.05) is 27.5 Å². The van der Waals surface area contributed by atoms with E-state index in [1.165, 1.54) is 10.5 Å². The summed E-state index contributed by atoms with van der Waals surface area (Å²) < 4.78 is 2.21. The Morgan fingerprint density at radius 2 is 2.35 bits per heavy atom. The van der Waals surface area contributed by atoms with Crippen LogP contribution in [0, 0.1) is 0 Å². The molecule has 1 N–H and O–H groups in total. The van der Waals surface area contributed by atoms with Gasteiger partial charge in [-0.05, 0) is 40.2 Å². The van der Waals surface area contributed by atoms with Crippen LogP contribution in [-0.2, 0) is 6.54 Å². The summed E-state index contributed by atoms with van der Waals surface area (Å²) in [5.74, 6) is 0. The van der Waals surface area contributed by atoms with Crippen LogP contribution in [-0.4, -0.2) is 11.5 Å². The van der Waals surface area contributed by atoms with Gasteiger partial charge in [-0.25, -0.2) is 4.98 Å². The van der Waals surface area contributed by atoms with Crippen molar-refractivity contribution in [2.24, 2.45) is 0 Å². The van der Waals surface area contributed by atoms with E-state index in [2.05, 4.69) is 51.4 Å². The van der Waals surface area contributed by atoms with Crippen LogP contribution < -0.4 is 5.32 Å². The van der Waals surface area contributed by atoms with Crippen LogP contribution in [0.4, 0.5) is 0 Å². The summed E-state index contributed by atoms with van der Waals surface area (Å²) in [4.78, 5) is 5.48. The highest BCUT2D eigenvalue weighted by Crippen LogP contribution is 2.34. The Labute approximate surface area is 118 Å². The van der Waals surface area contributed by atoms with Gasteiger partial charge in [-0.3, -0.25) is 0 Å². The fourth-order valence-corrected chi connectivity index (χ4v) is 3.61. The number of nitrogens with zero attached hydrogens (tertiary/aromatic N) is 1. The summed E-state index contributed by atoms with van der Waals surface area (Å²) in [6, 6.07) is 6.46. The molecule has 17 heavy (non-hydrogen) atoms. The molecular formula is C12H13BrN2S2. The number of halogens is 1. The first-order valence-electron chi connectivity index (χ1n) is 5.36. The second kappa shape index (κ2) is 6.54. The molecule has 0 fully saturated rings. The maximum Gasteiger partial charge on any atom is 0.154 e. The SMILES string of the molecule is CCNCc1ccc(Sc2nccs2)c(Br)c1. The first-order chi connectivity index (χ1) is 8.29. The zero-order valence-electron chi connectivity index (χ0n) is 9.44. The molecule has 0 aliphatic rings. The smallest absolute Gasteiger partial charge is 0.154 e. The van der Waals surface area contributed by atoms with Crippen LogP contribution in [0.3, 0.4) is 0 Å². The highest BCUT2D eigenvalue weighted by Gasteiger charge is 2.05. The molecule has 1 aromatic heterocycles. The second-order valence-electron chi connectivity index (χ2n) is 3.45. The van der Waals surface area contributed by atoms with Gasteiger partial charge in [0.1, 0.15) is 0 Å². The van der Waals surface area contributed by atoms with E-state index in [1.54, 1.807) is 23.1 Å². The fraction of sp³-hybridized carbons (Fsp3) is 0.250. The number of thiazole rings is 1. The van der Waals surface area contributed by atoms with E-state index in [9.17, 15) is 0 Å². The van der Waals surface area contributed by atoms with E-state index in [1.807, 2.05) is 11.6 Å². The maximum atomic E-state index is 4.27. The van der Waals surface area contributed by atoms with Crippen molar-refractivity contribution in [1.82, 2.24) is 10.3 Å². The molecule has 2 nitrogen and oxygen atoms in total. The van der Waals surface area contributed by atoms with Crippen molar-refractivity contribution < 1.29 is 0 Å². The lowest BCUT2D eigenvalue weighted by molar-refractivity contribution is 0.726. The van der Waals surface area contributed by atoms with Crippen LogP contribution in [0.15, 0.2) is 43.5 Å². The lowest BCUT2D eigenvalue weighted by Crippen LogP contribution is -2.11. The Morgan fingerprint density at radius 1 is 1.47 bits per heavy atom.